The fourth-order valence-corrected chi connectivity index (χ4v) is 2.28. The van der Waals surface area contributed by atoms with E-state index in [2.05, 4.69) is 9.36 Å². The number of aromatic nitrogens is 2. The second-order valence-corrected chi connectivity index (χ2v) is 5.09. The number of nitrogens with two attached hydrogens (primary N) is 1. The lowest BCUT2D eigenvalue weighted by molar-refractivity contribution is -0.141. The molecule has 78 valence electrons. The van der Waals surface area contributed by atoms with E-state index in [1.807, 2.05) is 0 Å². The summed E-state index contributed by atoms with van der Waals surface area (Å²) >= 11 is 2.57. The molecule has 0 radical (unpaired) electrons. The smallest absolute Gasteiger partial charge is 0.324 e. The molecule has 1 heterocycles. The Morgan fingerprint density at radius 3 is 2.86 bits per heavy atom. The molecule has 0 aromatic carbocycles. The number of carboxylic acids is 1. The SMILES string of the molecule is Cc1nsc(SCC(C)(N)C(=O)O)n1. The van der Waals surface area contributed by atoms with Crippen LogP contribution in [0.3, 0.4) is 0 Å². The summed E-state index contributed by atoms with van der Waals surface area (Å²) in [7, 11) is 0. The van der Waals surface area contributed by atoms with Crippen LogP contribution in [-0.4, -0.2) is 31.7 Å². The van der Waals surface area contributed by atoms with E-state index in [-0.39, 0.29) is 5.75 Å². The number of aryl methyl sites for hydroxylation is 1. The quantitative estimate of drug-likeness (QED) is 0.746. The normalized spacial score (nSPS) is 15.1. The third-order valence-electron chi connectivity index (χ3n) is 1.49. The second-order valence-electron chi connectivity index (χ2n) is 3.12. The highest BCUT2D eigenvalue weighted by Gasteiger charge is 2.28. The van der Waals surface area contributed by atoms with Crippen molar-refractivity contribution in [1.82, 2.24) is 9.36 Å². The number of carbonyl (C=O) groups is 1. The Labute approximate surface area is 89.9 Å². The van der Waals surface area contributed by atoms with E-state index < -0.39 is 11.5 Å². The van der Waals surface area contributed by atoms with Gasteiger partial charge in [-0.1, -0.05) is 11.8 Å². The summed E-state index contributed by atoms with van der Waals surface area (Å²) < 4.78 is 4.73. The van der Waals surface area contributed by atoms with Crippen LogP contribution in [0.25, 0.3) is 0 Å². The lowest BCUT2D eigenvalue weighted by Gasteiger charge is -2.16. The average Bonchev–Trinajstić information content (AvgIpc) is 2.48. The van der Waals surface area contributed by atoms with Crippen LogP contribution < -0.4 is 5.73 Å². The Morgan fingerprint density at radius 1 is 1.79 bits per heavy atom. The van der Waals surface area contributed by atoms with Gasteiger partial charge in [-0.05, 0) is 25.4 Å². The van der Waals surface area contributed by atoms with Gasteiger partial charge in [0.25, 0.3) is 0 Å². The number of aliphatic carboxylic acids is 1. The van der Waals surface area contributed by atoms with Crippen LogP contribution in [0, 0.1) is 6.92 Å². The van der Waals surface area contributed by atoms with Gasteiger partial charge >= 0.3 is 5.97 Å². The van der Waals surface area contributed by atoms with Gasteiger partial charge < -0.3 is 10.8 Å². The van der Waals surface area contributed by atoms with Crippen LogP contribution in [-0.2, 0) is 4.79 Å². The Hall–Kier alpha value is -0.660. The van der Waals surface area contributed by atoms with Gasteiger partial charge in [0.05, 0.1) is 0 Å². The minimum absolute atomic E-state index is 0.289. The minimum atomic E-state index is -1.22. The summed E-state index contributed by atoms with van der Waals surface area (Å²) in [5.41, 5.74) is 4.33. The summed E-state index contributed by atoms with van der Waals surface area (Å²) in [6.07, 6.45) is 0. The van der Waals surface area contributed by atoms with Gasteiger partial charge in [0.15, 0.2) is 4.34 Å². The van der Waals surface area contributed by atoms with E-state index in [1.165, 1.54) is 30.2 Å². The summed E-state index contributed by atoms with van der Waals surface area (Å²) in [6.45, 7) is 3.27. The van der Waals surface area contributed by atoms with Crippen LogP contribution in [0.4, 0.5) is 0 Å². The van der Waals surface area contributed by atoms with Crippen molar-refractivity contribution in [2.75, 3.05) is 5.75 Å². The van der Waals surface area contributed by atoms with E-state index in [0.29, 0.717) is 5.82 Å². The molecule has 0 aliphatic rings. The van der Waals surface area contributed by atoms with Crippen molar-refractivity contribution >= 4 is 29.3 Å². The first-order chi connectivity index (χ1) is 6.42. The van der Waals surface area contributed by atoms with Crippen molar-refractivity contribution in [1.29, 1.82) is 0 Å². The van der Waals surface area contributed by atoms with E-state index >= 15 is 0 Å². The van der Waals surface area contributed by atoms with Gasteiger partial charge in [0, 0.05) is 5.75 Å². The Balaban J connectivity index is 2.52. The van der Waals surface area contributed by atoms with Crippen LogP contribution in [0.2, 0.25) is 0 Å². The molecule has 1 atom stereocenters. The molecule has 3 N–H and O–H groups in total. The molecular weight excluding hydrogens is 222 g/mol. The Morgan fingerprint density at radius 2 is 2.43 bits per heavy atom. The largest absolute Gasteiger partial charge is 0.480 e. The molecule has 5 nitrogen and oxygen atoms in total. The standard InChI is InChI=1S/C7H11N3O2S2/c1-4-9-6(14-10-4)13-3-7(2,8)5(11)12/h3,8H2,1-2H3,(H,11,12). The lowest BCUT2D eigenvalue weighted by Crippen LogP contribution is -2.47. The molecule has 0 saturated carbocycles. The number of thioether (sulfide) groups is 1. The van der Waals surface area contributed by atoms with Gasteiger partial charge in [-0.15, -0.1) is 0 Å². The van der Waals surface area contributed by atoms with E-state index in [1.54, 1.807) is 6.92 Å². The monoisotopic (exact) mass is 233 g/mol. The number of carboxylic acid groups (broad SMARTS) is 1. The molecule has 1 rings (SSSR count). The maximum Gasteiger partial charge on any atom is 0.324 e. The topological polar surface area (TPSA) is 89.1 Å². The summed E-state index contributed by atoms with van der Waals surface area (Å²) in [5.74, 6) is -0.0189. The van der Waals surface area contributed by atoms with E-state index in [4.69, 9.17) is 10.8 Å². The van der Waals surface area contributed by atoms with Crippen LogP contribution in [0.5, 0.6) is 0 Å². The first-order valence-corrected chi connectivity index (χ1v) is 5.63. The second kappa shape index (κ2) is 4.24. The highest BCUT2D eigenvalue weighted by atomic mass is 32.2. The third kappa shape index (κ3) is 2.93. The predicted octanol–water partition coefficient (Wildman–Crippen LogP) is 0.741. The number of rotatable bonds is 4. The minimum Gasteiger partial charge on any atom is -0.480 e. The van der Waals surface area contributed by atoms with Gasteiger partial charge in [-0.2, -0.15) is 4.37 Å². The molecule has 0 amide bonds. The summed E-state index contributed by atoms with van der Waals surface area (Å²) in [4.78, 5) is 14.8. The zero-order valence-electron chi connectivity index (χ0n) is 7.85. The van der Waals surface area contributed by atoms with Gasteiger partial charge in [-0.25, -0.2) is 4.98 Å². The molecule has 14 heavy (non-hydrogen) atoms. The highest BCUT2D eigenvalue weighted by molar-refractivity contribution is 8.01. The van der Waals surface area contributed by atoms with E-state index in [9.17, 15) is 4.79 Å². The molecule has 0 aliphatic heterocycles. The maximum atomic E-state index is 10.7. The molecule has 0 aliphatic carbocycles. The fourth-order valence-electron chi connectivity index (χ4n) is 0.610. The zero-order chi connectivity index (χ0) is 10.8. The molecule has 0 saturated heterocycles. The average molecular weight is 233 g/mol. The van der Waals surface area contributed by atoms with Crippen LogP contribution in [0.15, 0.2) is 4.34 Å². The Bertz CT molecular complexity index is 337. The molecular formula is C7H11N3O2S2. The zero-order valence-corrected chi connectivity index (χ0v) is 9.48. The fraction of sp³-hybridized carbons (Fsp3) is 0.571. The first kappa shape index (κ1) is 11.4. The van der Waals surface area contributed by atoms with Crippen molar-refractivity contribution in [2.24, 2.45) is 5.73 Å². The first-order valence-electron chi connectivity index (χ1n) is 3.87. The van der Waals surface area contributed by atoms with Crippen molar-refractivity contribution in [2.45, 2.75) is 23.7 Å². The number of nitrogens with zero attached hydrogens (tertiary/aromatic N) is 2. The van der Waals surface area contributed by atoms with Gasteiger partial charge in [-0.3, -0.25) is 4.79 Å². The maximum absolute atomic E-state index is 10.7. The van der Waals surface area contributed by atoms with Gasteiger partial charge in [0.2, 0.25) is 0 Å². The Kier molecular flexibility index (Phi) is 3.46. The number of hydrogen-bond acceptors (Lipinski definition) is 6. The van der Waals surface area contributed by atoms with Crippen LogP contribution >= 0.6 is 23.3 Å². The summed E-state index contributed by atoms with van der Waals surface area (Å²) in [6, 6.07) is 0. The van der Waals surface area contributed by atoms with E-state index in [0.717, 1.165) is 4.34 Å². The molecule has 0 spiro atoms. The highest BCUT2D eigenvalue weighted by Crippen LogP contribution is 2.23. The molecule has 1 unspecified atom stereocenters. The van der Waals surface area contributed by atoms with Crippen molar-refractivity contribution in [3.05, 3.63) is 5.82 Å². The molecule has 0 fully saturated rings. The molecule has 0 bridgehead atoms. The van der Waals surface area contributed by atoms with Gasteiger partial charge in [0.1, 0.15) is 11.4 Å². The summed E-state index contributed by atoms with van der Waals surface area (Å²) in [5, 5.41) is 8.75. The molecule has 1 aromatic heterocycles. The van der Waals surface area contributed by atoms with Crippen molar-refractivity contribution in [3.63, 3.8) is 0 Å². The van der Waals surface area contributed by atoms with Crippen molar-refractivity contribution < 1.29 is 9.90 Å². The molecule has 1 aromatic rings. The lowest BCUT2D eigenvalue weighted by atomic mass is 10.1. The molecule has 7 heteroatoms. The van der Waals surface area contributed by atoms with Crippen LogP contribution in [0.1, 0.15) is 12.7 Å². The third-order valence-corrected chi connectivity index (χ3v) is 3.76. The van der Waals surface area contributed by atoms with Crippen molar-refractivity contribution in [3.8, 4) is 0 Å². The predicted molar refractivity (Wildman–Crippen MR) is 55.6 cm³/mol. The number of hydrogen-bond donors (Lipinski definition) is 2.